The van der Waals surface area contributed by atoms with E-state index in [-0.39, 0.29) is 20.1 Å². The Hall–Kier alpha value is -5.30. The third-order valence-corrected chi connectivity index (χ3v) is 8.19. The Balaban J connectivity index is 0.00000605. The molecule has 0 saturated carbocycles. The average Bonchev–Trinajstić information content (AvgIpc) is 3.43. The van der Waals surface area contributed by atoms with E-state index in [2.05, 4.69) is 5.32 Å². The van der Waals surface area contributed by atoms with Crippen LogP contribution in [0.25, 0.3) is 5.69 Å². The summed E-state index contributed by atoms with van der Waals surface area (Å²) in [4.78, 5) is 43.7. The topological polar surface area (TPSA) is 96.8 Å². The van der Waals surface area contributed by atoms with Gasteiger partial charge < -0.3 is 10.1 Å². The van der Waals surface area contributed by atoms with Crippen molar-refractivity contribution in [2.75, 3.05) is 25.0 Å². The SMILES string of the molecule is CCN1C(=O)[C@@H](NC(=O)c2cccc(C(F)(F)F)c2)[C@@H](c2ccc(F)cc2)c2c(CN(C)C/C=C/C(=O)OC(C)(C)C)nn(-c3ccccc3)c21.[HH]. The lowest BCUT2D eigenvalue weighted by Gasteiger charge is -2.38. The van der Waals surface area contributed by atoms with Crippen LogP contribution in [0.3, 0.4) is 0 Å². The first-order valence-corrected chi connectivity index (χ1v) is 16.4. The van der Waals surface area contributed by atoms with Crippen molar-refractivity contribution in [1.82, 2.24) is 20.0 Å². The van der Waals surface area contributed by atoms with Crippen LogP contribution < -0.4 is 10.2 Å². The van der Waals surface area contributed by atoms with E-state index < -0.39 is 52.9 Å². The van der Waals surface area contributed by atoms with E-state index in [0.29, 0.717) is 34.9 Å². The van der Waals surface area contributed by atoms with Gasteiger partial charge in [0.2, 0.25) is 0 Å². The molecule has 2 atom stereocenters. The highest BCUT2D eigenvalue weighted by atomic mass is 19.4. The van der Waals surface area contributed by atoms with Gasteiger partial charge >= 0.3 is 12.1 Å². The number of nitrogens with one attached hydrogen (secondary N) is 1. The molecule has 0 aliphatic carbocycles. The number of para-hydroxylation sites is 1. The molecule has 2 amide bonds. The lowest BCUT2D eigenvalue weighted by atomic mass is 9.80. The van der Waals surface area contributed by atoms with Crippen LogP contribution in [-0.2, 0) is 27.0 Å². The lowest BCUT2D eigenvalue weighted by Crippen LogP contribution is -2.55. The summed E-state index contributed by atoms with van der Waals surface area (Å²) in [5, 5.41) is 7.71. The molecule has 13 heteroatoms. The Kier molecular flexibility index (Phi) is 10.8. The van der Waals surface area contributed by atoms with Crippen molar-refractivity contribution in [2.45, 2.75) is 58.0 Å². The molecule has 0 bridgehead atoms. The van der Waals surface area contributed by atoms with Crippen LogP contribution in [-0.4, -0.2) is 64.2 Å². The Labute approximate surface area is 295 Å². The standard InChI is InChI=1S/C38H39F4N5O4.H2/c1-6-46-35-32(29(44-47(35)28-14-8-7-9-15-28)23-45(5)21-11-16-30(48)51-37(2,3)4)31(24-17-19-27(39)20-18-24)33(36(46)50)43-34(49)25-12-10-13-26(22-25)38(40,41)42;/h7-20,22,31,33H,6,21,23H2,1-5H3,(H,43,49);1H/b16-11+;/t31-,33-;/m0./s1. The quantitative estimate of drug-likeness (QED) is 0.110. The maximum atomic E-state index is 14.4. The molecule has 0 saturated heterocycles. The molecule has 3 aromatic carbocycles. The van der Waals surface area contributed by atoms with Crippen molar-refractivity contribution in [3.05, 3.63) is 125 Å². The molecule has 0 fully saturated rings. The number of halogens is 4. The number of hydrogen-bond acceptors (Lipinski definition) is 6. The summed E-state index contributed by atoms with van der Waals surface area (Å²) < 4.78 is 61.9. The summed E-state index contributed by atoms with van der Waals surface area (Å²) in [6.45, 7) is 7.79. The van der Waals surface area contributed by atoms with E-state index in [1.807, 2.05) is 42.3 Å². The summed E-state index contributed by atoms with van der Waals surface area (Å²) in [6, 6.07) is 17.3. The van der Waals surface area contributed by atoms with E-state index in [1.165, 1.54) is 41.3 Å². The predicted octanol–water partition coefficient (Wildman–Crippen LogP) is 6.90. The van der Waals surface area contributed by atoms with E-state index in [0.717, 1.165) is 18.2 Å². The molecule has 5 rings (SSSR count). The van der Waals surface area contributed by atoms with E-state index >= 15 is 0 Å². The zero-order valence-corrected chi connectivity index (χ0v) is 28.9. The number of alkyl halides is 3. The number of nitrogens with zero attached hydrogens (tertiary/aromatic N) is 4. The number of anilines is 1. The number of likely N-dealkylation sites (N-methyl/N-ethyl adjacent to an activating group) is 2. The number of fused-ring (bicyclic) bond motifs is 1. The second kappa shape index (κ2) is 14.9. The van der Waals surface area contributed by atoms with Gasteiger partial charge in [0, 0.05) is 44.2 Å². The number of amides is 2. The van der Waals surface area contributed by atoms with Crippen molar-refractivity contribution in [3.8, 4) is 5.69 Å². The summed E-state index contributed by atoms with van der Waals surface area (Å²) in [5.41, 5.74) is 0.306. The van der Waals surface area contributed by atoms with Gasteiger partial charge in [-0.05, 0) is 82.8 Å². The Morgan fingerprint density at radius 1 is 1.02 bits per heavy atom. The van der Waals surface area contributed by atoms with Crippen LogP contribution in [0.1, 0.15) is 67.8 Å². The average molecular weight is 708 g/mol. The van der Waals surface area contributed by atoms with Crippen molar-refractivity contribution < 1.29 is 38.1 Å². The predicted molar refractivity (Wildman–Crippen MR) is 186 cm³/mol. The maximum Gasteiger partial charge on any atom is 0.416 e. The molecule has 51 heavy (non-hydrogen) atoms. The monoisotopic (exact) mass is 707 g/mol. The van der Waals surface area contributed by atoms with Gasteiger partial charge in [0.15, 0.2) is 0 Å². The Morgan fingerprint density at radius 3 is 2.33 bits per heavy atom. The second-order valence-corrected chi connectivity index (χ2v) is 13.2. The van der Waals surface area contributed by atoms with E-state index in [4.69, 9.17) is 9.84 Å². The molecule has 1 aliphatic rings. The first-order chi connectivity index (χ1) is 24.1. The molecule has 270 valence electrons. The Morgan fingerprint density at radius 2 is 1.71 bits per heavy atom. The smallest absolute Gasteiger partial charge is 0.416 e. The minimum Gasteiger partial charge on any atom is -0.457 e. The van der Waals surface area contributed by atoms with Gasteiger partial charge in [-0.1, -0.05) is 42.5 Å². The van der Waals surface area contributed by atoms with Crippen LogP contribution >= 0.6 is 0 Å². The number of carbonyl (C=O) groups excluding carboxylic acids is 3. The Bertz CT molecular complexity index is 1920. The molecule has 2 heterocycles. The molecule has 1 aromatic heterocycles. The number of aromatic nitrogens is 2. The third-order valence-electron chi connectivity index (χ3n) is 8.19. The molecule has 1 N–H and O–H groups in total. The van der Waals surface area contributed by atoms with Crippen LogP contribution in [0.2, 0.25) is 0 Å². The van der Waals surface area contributed by atoms with E-state index in [9.17, 15) is 31.9 Å². The fourth-order valence-electron chi connectivity index (χ4n) is 6.02. The minimum absolute atomic E-state index is 0. The van der Waals surface area contributed by atoms with Crippen LogP contribution in [0, 0.1) is 5.82 Å². The first-order valence-electron chi connectivity index (χ1n) is 16.4. The van der Waals surface area contributed by atoms with Gasteiger partial charge in [-0.2, -0.15) is 18.3 Å². The van der Waals surface area contributed by atoms with Crippen molar-refractivity contribution >= 4 is 23.6 Å². The maximum absolute atomic E-state index is 14.4. The van der Waals surface area contributed by atoms with Crippen molar-refractivity contribution in [2.24, 2.45) is 0 Å². The minimum atomic E-state index is -4.68. The highest BCUT2D eigenvalue weighted by Gasteiger charge is 2.46. The van der Waals surface area contributed by atoms with Gasteiger partial charge in [-0.15, -0.1) is 0 Å². The molecular formula is C38H41F4N5O4. The highest BCUT2D eigenvalue weighted by molar-refractivity contribution is 6.05. The molecule has 0 radical (unpaired) electrons. The molecule has 1 aliphatic heterocycles. The summed E-state index contributed by atoms with van der Waals surface area (Å²) in [5.74, 6) is -2.87. The number of benzene rings is 3. The zero-order valence-electron chi connectivity index (χ0n) is 28.9. The van der Waals surface area contributed by atoms with Crippen molar-refractivity contribution in [3.63, 3.8) is 0 Å². The molecule has 9 nitrogen and oxygen atoms in total. The van der Waals surface area contributed by atoms with Crippen LogP contribution in [0.4, 0.5) is 23.4 Å². The molecule has 0 spiro atoms. The first kappa shape index (κ1) is 37.0. The van der Waals surface area contributed by atoms with Gasteiger partial charge in [0.25, 0.3) is 11.8 Å². The number of esters is 1. The van der Waals surface area contributed by atoms with Crippen molar-refractivity contribution in [1.29, 1.82) is 0 Å². The third kappa shape index (κ3) is 8.54. The number of ether oxygens (including phenoxy) is 1. The van der Waals surface area contributed by atoms with Gasteiger partial charge in [-0.25, -0.2) is 13.9 Å². The normalized spacial score (nSPS) is 16.4. The van der Waals surface area contributed by atoms with Crippen LogP contribution in [0.15, 0.2) is 91.0 Å². The largest absolute Gasteiger partial charge is 0.457 e. The fourth-order valence-corrected chi connectivity index (χ4v) is 6.02. The number of hydrogen-bond donors (Lipinski definition) is 1. The molecule has 4 aromatic rings. The summed E-state index contributed by atoms with van der Waals surface area (Å²) >= 11 is 0. The lowest BCUT2D eigenvalue weighted by molar-refractivity contribution is -0.148. The van der Waals surface area contributed by atoms with Gasteiger partial charge in [-0.3, -0.25) is 19.4 Å². The highest BCUT2D eigenvalue weighted by Crippen LogP contribution is 2.44. The summed E-state index contributed by atoms with van der Waals surface area (Å²) in [7, 11) is 1.82. The number of rotatable bonds is 10. The summed E-state index contributed by atoms with van der Waals surface area (Å²) in [6.07, 6.45) is -1.68. The van der Waals surface area contributed by atoms with E-state index in [1.54, 1.807) is 38.5 Å². The number of carbonyl (C=O) groups is 3. The van der Waals surface area contributed by atoms with Gasteiger partial charge in [0.1, 0.15) is 23.3 Å². The zero-order chi connectivity index (χ0) is 37.1. The fraction of sp³-hybridized carbons (Fsp3) is 0.316. The second-order valence-electron chi connectivity index (χ2n) is 13.2. The molecular weight excluding hydrogens is 666 g/mol. The molecule has 0 unspecified atom stereocenters. The van der Waals surface area contributed by atoms with Gasteiger partial charge in [0.05, 0.1) is 16.9 Å². The van der Waals surface area contributed by atoms with Crippen LogP contribution in [0.5, 0.6) is 0 Å².